The van der Waals surface area contributed by atoms with Crippen molar-refractivity contribution in [1.82, 2.24) is 10.3 Å². The molecular weight excluding hydrogens is 298 g/mol. The first-order valence-electron chi connectivity index (χ1n) is 7.16. The maximum absolute atomic E-state index is 12.2. The van der Waals surface area contributed by atoms with Crippen LogP contribution >= 0.6 is 0 Å². The molecule has 0 spiro atoms. The highest BCUT2D eigenvalue weighted by atomic mass is 16.6. The van der Waals surface area contributed by atoms with E-state index in [4.69, 9.17) is 4.74 Å². The van der Waals surface area contributed by atoms with E-state index in [0.717, 1.165) is 4.90 Å². The predicted molar refractivity (Wildman–Crippen MR) is 84.3 cm³/mol. The van der Waals surface area contributed by atoms with Crippen LogP contribution in [0.1, 0.15) is 48.4 Å². The van der Waals surface area contributed by atoms with Crippen LogP contribution in [0.3, 0.4) is 0 Å². The number of rotatable bonds is 3. The number of hydrogen-bond donors (Lipinski definition) is 1. The van der Waals surface area contributed by atoms with Crippen LogP contribution in [0.4, 0.5) is 4.79 Å². The van der Waals surface area contributed by atoms with Crippen LogP contribution in [0.2, 0.25) is 0 Å². The lowest BCUT2D eigenvalue weighted by Crippen LogP contribution is -2.35. The molecular formula is C16H19N3O4. The summed E-state index contributed by atoms with van der Waals surface area (Å²) in [5.74, 6) is -0.727. The lowest BCUT2D eigenvalue weighted by atomic mass is 10.1. The van der Waals surface area contributed by atoms with Gasteiger partial charge in [0.25, 0.3) is 11.8 Å². The molecule has 2 rings (SSSR count). The van der Waals surface area contributed by atoms with E-state index >= 15 is 0 Å². The third-order valence-electron chi connectivity index (χ3n) is 3.00. The van der Waals surface area contributed by atoms with Gasteiger partial charge in [0.1, 0.15) is 5.60 Å². The Hall–Kier alpha value is -2.70. The van der Waals surface area contributed by atoms with Crippen molar-refractivity contribution in [2.24, 2.45) is 5.10 Å². The fourth-order valence-corrected chi connectivity index (χ4v) is 2.09. The van der Waals surface area contributed by atoms with E-state index in [9.17, 15) is 14.4 Å². The molecule has 0 aromatic heterocycles. The predicted octanol–water partition coefficient (Wildman–Crippen LogP) is 2.18. The summed E-state index contributed by atoms with van der Waals surface area (Å²) in [5.41, 5.74) is 2.78. The van der Waals surface area contributed by atoms with Crippen molar-refractivity contribution in [2.45, 2.75) is 33.3 Å². The molecule has 7 nitrogen and oxygen atoms in total. The van der Waals surface area contributed by atoms with Gasteiger partial charge in [-0.1, -0.05) is 12.1 Å². The number of benzene rings is 1. The van der Waals surface area contributed by atoms with Gasteiger partial charge in [-0.3, -0.25) is 14.5 Å². The standard InChI is InChI=1S/C16H19N3O4/c1-10(17-18-15(22)23-16(2,3)4)9-19-13(20)11-7-5-6-8-12(11)14(19)21/h5-8H,9H2,1-4H3,(H,18,22)/b17-10+. The Morgan fingerprint density at radius 2 is 1.70 bits per heavy atom. The summed E-state index contributed by atoms with van der Waals surface area (Å²) in [4.78, 5) is 37.0. The number of nitrogens with zero attached hydrogens (tertiary/aromatic N) is 2. The molecule has 1 heterocycles. The molecule has 3 amide bonds. The van der Waals surface area contributed by atoms with Gasteiger partial charge in [-0.25, -0.2) is 10.2 Å². The first kappa shape index (κ1) is 16.7. The topological polar surface area (TPSA) is 88.1 Å². The zero-order valence-corrected chi connectivity index (χ0v) is 13.5. The number of fused-ring (bicyclic) bond motifs is 1. The van der Waals surface area contributed by atoms with Gasteiger partial charge in [-0.05, 0) is 39.8 Å². The molecule has 1 aliphatic heterocycles. The third kappa shape index (κ3) is 3.94. The fourth-order valence-electron chi connectivity index (χ4n) is 2.09. The first-order chi connectivity index (χ1) is 10.7. The summed E-state index contributed by atoms with van der Waals surface area (Å²) in [6, 6.07) is 6.64. The highest BCUT2D eigenvalue weighted by Gasteiger charge is 2.35. The number of amides is 3. The maximum atomic E-state index is 12.2. The summed E-state index contributed by atoms with van der Waals surface area (Å²) < 4.78 is 5.05. The first-order valence-corrected chi connectivity index (χ1v) is 7.16. The van der Waals surface area contributed by atoms with Crippen LogP contribution < -0.4 is 5.43 Å². The Balaban J connectivity index is 2.00. The molecule has 7 heteroatoms. The van der Waals surface area contributed by atoms with Gasteiger partial charge in [0.05, 0.1) is 23.4 Å². The zero-order valence-electron chi connectivity index (χ0n) is 13.5. The summed E-state index contributed by atoms with van der Waals surface area (Å²) in [6.07, 6.45) is -0.695. The van der Waals surface area contributed by atoms with E-state index < -0.39 is 11.7 Å². The zero-order chi connectivity index (χ0) is 17.2. The van der Waals surface area contributed by atoms with Gasteiger partial charge in [0, 0.05) is 0 Å². The van der Waals surface area contributed by atoms with E-state index in [0.29, 0.717) is 16.8 Å². The normalized spacial score (nSPS) is 14.8. The molecule has 122 valence electrons. The lowest BCUT2D eigenvalue weighted by molar-refractivity contribution is 0.0529. The van der Waals surface area contributed by atoms with E-state index in [1.165, 1.54) is 0 Å². The smallest absolute Gasteiger partial charge is 0.428 e. The highest BCUT2D eigenvalue weighted by molar-refractivity contribution is 6.22. The van der Waals surface area contributed by atoms with Gasteiger partial charge < -0.3 is 4.74 Å². The van der Waals surface area contributed by atoms with Crippen LogP contribution in [-0.2, 0) is 4.74 Å². The van der Waals surface area contributed by atoms with Crippen LogP contribution in [-0.4, -0.2) is 40.7 Å². The van der Waals surface area contributed by atoms with Gasteiger partial charge in [-0.15, -0.1) is 0 Å². The number of imide groups is 1. The molecule has 0 saturated heterocycles. The average Bonchev–Trinajstić information content (AvgIpc) is 2.69. The Morgan fingerprint density at radius 3 is 2.17 bits per heavy atom. The van der Waals surface area contributed by atoms with Crippen molar-refractivity contribution in [3.63, 3.8) is 0 Å². The Bertz CT molecular complexity index is 654. The van der Waals surface area contributed by atoms with Crippen molar-refractivity contribution < 1.29 is 19.1 Å². The summed E-state index contributed by atoms with van der Waals surface area (Å²) in [6.45, 7) is 6.83. The van der Waals surface area contributed by atoms with Crippen molar-refractivity contribution in [3.8, 4) is 0 Å². The lowest BCUT2D eigenvalue weighted by Gasteiger charge is -2.19. The summed E-state index contributed by atoms with van der Waals surface area (Å²) in [7, 11) is 0. The molecule has 0 unspecified atom stereocenters. The van der Waals surface area contributed by atoms with Crippen LogP contribution in [0, 0.1) is 0 Å². The number of nitrogens with one attached hydrogen (secondary N) is 1. The van der Waals surface area contributed by atoms with Crippen LogP contribution in [0.15, 0.2) is 29.4 Å². The van der Waals surface area contributed by atoms with Gasteiger partial charge in [0.15, 0.2) is 0 Å². The average molecular weight is 317 g/mol. The molecule has 0 aliphatic carbocycles. The van der Waals surface area contributed by atoms with E-state index in [2.05, 4.69) is 10.5 Å². The second-order valence-electron chi connectivity index (χ2n) is 6.20. The van der Waals surface area contributed by atoms with E-state index in [-0.39, 0.29) is 18.4 Å². The van der Waals surface area contributed by atoms with Gasteiger partial charge >= 0.3 is 6.09 Å². The molecule has 23 heavy (non-hydrogen) atoms. The largest absolute Gasteiger partial charge is 0.443 e. The molecule has 1 aliphatic rings. The number of ether oxygens (including phenoxy) is 1. The van der Waals surface area contributed by atoms with Crippen molar-refractivity contribution in [3.05, 3.63) is 35.4 Å². The SMILES string of the molecule is C/C(CN1C(=O)c2ccccc2C1=O)=N\NC(=O)OC(C)(C)C. The Labute approximate surface area is 134 Å². The molecule has 0 atom stereocenters. The van der Waals surface area contributed by atoms with Crippen LogP contribution in [0.25, 0.3) is 0 Å². The van der Waals surface area contributed by atoms with Gasteiger partial charge in [0.2, 0.25) is 0 Å². The number of carbonyl (C=O) groups excluding carboxylic acids is 3. The molecule has 0 bridgehead atoms. The second kappa shape index (κ2) is 6.20. The molecule has 1 N–H and O–H groups in total. The fraction of sp³-hybridized carbons (Fsp3) is 0.375. The minimum atomic E-state index is -0.695. The van der Waals surface area contributed by atoms with Crippen molar-refractivity contribution in [2.75, 3.05) is 6.54 Å². The quantitative estimate of drug-likeness (QED) is 0.526. The Kier molecular flexibility index (Phi) is 4.49. The molecule has 0 radical (unpaired) electrons. The minimum Gasteiger partial charge on any atom is -0.443 e. The molecule has 1 aromatic carbocycles. The minimum absolute atomic E-state index is 0.00213. The molecule has 0 fully saturated rings. The van der Waals surface area contributed by atoms with E-state index in [1.54, 1.807) is 52.0 Å². The highest BCUT2D eigenvalue weighted by Crippen LogP contribution is 2.22. The number of hydrogen-bond acceptors (Lipinski definition) is 5. The molecule has 1 aromatic rings. The maximum Gasteiger partial charge on any atom is 0.428 e. The number of hydrazone groups is 1. The Morgan fingerprint density at radius 1 is 1.17 bits per heavy atom. The number of carbonyl (C=O) groups is 3. The second-order valence-corrected chi connectivity index (χ2v) is 6.20. The summed E-state index contributed by atoms with van der Waals surface area (Å²) >= 11 is 0. The third-order valence-corrected chi connectivity index (χ3v) is 3.00. The monoisotopic (exact) mass is 317 g/mol. The van der Waals surface area contributed by atoms with E-state index in [1.807, 2.05) is 0 Å². The van der Waals surface area contributed by atoms with Crippen molar-refractivity contribution >= 4 is 23.6 Å². The molecule has 0 saturated carbocycles. The van der Waals surface area contributed by atoms with Crippen molar-refractivity contribution in [1.29, 1.82) is 0 Å². The van der Waals surface area contributed by atoms with Crippen LogP contribution in [0.5, 0.6) is 0 Å². The van der Waals surface area contributed by atoms with Gasteiger partial charge in [-0.2, -0.15) is 5.10 Å². The summed E-state index contributed by atoms with van der Waals surface area (Å²) in [5, 5.41) is 3.85.